The van der Waals surface area contributed by atoms with Crippen molar-refractivity contribution in [1.29, 1.82) is 0 Å². The number of amides is 1. The van der Waals surface area contributed by atoms with E-state index in [1.807, 2.05) is 6.07 Å². The van der Waals surface area contributed by atoms with Crippen LogP contribution in [-0.4, -0.2) is 27.9 Å². The second-order valence-electron chi connectivity index (χ2n) is 4.89. The maximum Gasteiger partial charge on any atom is 0.360 e. The highest BCUT2D eigenvalue weighted by atomic mass is 79.9. The van der Waals surface area contributed by atoms with Gasteiger partial charge in [0, 0.05) is 10.7 Å². The molecular formula is C17H14BrN3O3. The number of pyridine rings is 1. The van der Waals surface area contributed by atoms with Crippen LogP contribution in [0.5, 0.6) is 0 Å². The number of esters is 1. The number of benzene rings is 1. The number of carbonyl (C=O) groups excluding carboxylic acids is 2. The average Bonchev–Trinajstić information content (AvgIpc) is 2.94. The molecule has 1 amide bonds. The first kappa shape index (κ1) is 16.2. The van der Waals surface area contributed by atoms with Gasteiger partial charge < -0.3 is 10.1 Å². The highest BCUT2D eigenvalue weighted by Crippen LogP contribution is 2.22. The Morgan fingerprint density at radius 1 is 1.21 bits per heavy atom. The first-order chi connectivity index (χ1) is 11.6. The van der Waals surface area contributed by atoms with Gasteiger partial charge in [-0.2, -0.15) is 0 Å². The zero-order chi connectivity index (χ0) is 17.1. The standard InChI is InChI=1S/C17H14BrN3O3/c1-2-24-17(23)14-15(21-10-6-5-9-13(21)19-14)20-16(22)11-7-3-4-8-12(11)18/h3-10H,2H2,1H3,(H,20,22). The van der Waals surface area contributed by atoms with E-state index in [4.69, 9.17) is 4.74 Å². The van der Waals surface area contributed by atoms with E-state index < -0.39 is 5.97 Å². The predicted octanol–water partition coefficient (Wildman–Crippen LogP) is 3.53. The molecule has 0 aliphatic heterocycles. The zero-order valence-corrected chi connectivity index (χ0v) is 14.4. The van der Waals surface area contributed by atoms with E-state index >= 15 is 0 Å². The molecule has 2 heterocycles. The molecule has 0 bridgehead atoms. The molecule has 2 aromatic heterocycles. The van der Waals surface area contributed by atoms with Gasteiger partial charge in [-0.25, -0.2) is 9.78 Å². The zero-order valence-electron chi connectivity index (χ0n) is 12.8. The van der Waals surface area contributed by atoms with Crippen LogP contribution in [0.15, 0.2) is 53.1 Å². The number of fused-ring (bicyclic) bond motifs is 1. The number of imidazole rings is 1. The third-order valence-electron chi connectivity index (χ3n) is 3.35. The number of hydrogen-bond acceptors (Lipinski definition) is 4. The Bertz CT molecular complexity index is 920. The Balaban J connectivity index is 2.04. The lowest BCUT2D eigenvalue weighted by Crippen LogP contribution is -2.17. The summed E-state index contributed by atoms with van der Waals surface area (Å²) in [5.41, 5.74) is 1.07. The van der Waals surface area contributed by atoms with Crippen LogP contribution < -0.4 is 5.32 Å². The minimum Gasteiger partial charge on any atom is -0.461 e. The highest BCUT2D eigenvalue weighted by molar-refractivity contribution is 9.10. The van der Waals surface area contributed by atoms with E-state index in [-0.39, 0.29) is 24.0 Å². The van der Waals surface area contributed by atoms with Gasteiger partial charge in [-0.1, -0.05) is 18.2 Å². The van der Waals surface area contributed by atoms with E-state index in [2.05, 4.69) is 26.2 Å². The van der Waals surface area contributed by atoms with Crippen LogP contribution >= 0.6 is 15.9 Å². The largest absolute Gasteiger partial charge is 0.461 e. The van der Waals surface area contributed by atoms with Gasteiger partial charge in [0.25, 0.3) is 5.91 Å². The van der Waals surface area contributed by atoms with Crippen molar-refractivity contribution in [2.45, 2.75) is 6.92 Å². The fourth-order valence-corrected chi connectivity index (χ4v) is 2.74. The minimum atomic E-state index is -0.580. The summed E-state index contributed by atoms with van der Waals surface area (Å²) in [4.78, 5) is 29.0. The Kier molecular flexibility index (Phi) is 4.61. The summed E-state index contributed by atoms with van der Waals surface area (Å²) < 4.78 is 7.33. The molecule has 0 radical (unpaired) electrons. The maximum atomic E-state index is 12.6. The number of nitrogens with one attached hydrogen (secondary N) is 1. The number of rotatable bonds is 4. The van der Waals surface area contributed by atoms with Crippen LogP contribution in [0.1, 0.15) is 27.8 Å². The molecule has 0 spiro atoms. The molecule has 0 aliphatic carbocycles. The van der Waals surface area contributed by atoms with Crippen molar-refractivity contribution in [3.8, 4) is 0 Å². The van der Waals surface area contributed by atoms with Gasteiger partial charge in [-0.05, 0) is 47.1 Å². The average molecular weight is 388 g/mol. The number of nitrogens with zero attached hydrogens (tertiary/aromatic N) is 2. The van der Waals surface area contributed by atoms with E-state index in [1.165, 1.54) is 0 Å². The second kappa shape index (κ2) is 6.84. The summed E-state index contributed by atoms with van der Waals surface area (Å²) in [6.07, 6.45) is 1.72. The first-order valence-corrected chi connectivity index (χ1v) is 8.11. The van der Waals surface area contributed by atoms with Gasteiger partial charge in [-0.15, -0.1) is 0 Å². The van der Waals surface area contributed by atoms with Gasteiger partial charge in [0.15, 0.2) is 11.5 Å². The van der Waals surface area contributed by atoms with E-state index in [9.17, 15) is 9.59 Å². The first-order valence-electron chi connectivity index (χ1n) is 7.32. The van der Waals surface area contributed by atoms with Crippen LogP contribution in [0.25, 0.3) is 5.65 Å². The molecule has 122 valence electrons. The van der Waals surface area contributed by atoms with Gasteiger partial charge in [0.2, 0.25) is 0 Å². The molecule has 0 aliphatic rings. The summed E-state index contributed by atoms with van der Waals surface area (Å²) in [6, 6.07) is 12.4. The van der Waals surface area contributed by atoms with Crippen LogP contribution in [0.3, 0.4) is 0 Å². The SMILES string of the molecule is CCOC(=O)c1nc2ccccn2c1NC(=O)c1ccccc1Br. The Morgan fingerprint density at radius 2 is 1.96 bits per heavy atom. The van der Waals surface area contributed by atoms with E-state index in [0.717, 1.165) is 0 Å². The quantitative estimate of drug-likeness (QED) is 0.695. The van der Waals surface area contributed by atoms with E-state index in [0.29, 0.717) is 15.7 Å². The van der Waals surface area contributed by atoms with Crippen molar-refractivity contribution in [3.05, 3.63) is 64.4 Å². The molecule has 3 aromatic rings. The molecule has 6 nitrogen and oxygen atoms in total. The number of aromatic nitrogens is 2. The number of halogens is 1. The summed E-state index contributed by atoms with van der Waals surface area (Å²) >= 11 is 3.35. The summed E-state index contributed by atoms with van der Waals surface area (Å²) in [5, 5.41) is 2.76. The number of ether oxygens (including phenoxy) is 1. The smallest absolute Gasteiger partial charge is 0.360 e. The molecule has 0 saturated carbocycles. The topological polar surface area (TPSA) is 72.7 Å². The summed E-state index contributed by atoms with van der Waals surface area (Å²) in [7, 11) is 0. The predicted molar refractivity (Wildman–Crippen MR) is 93.2 cm³/mol. The molecule has 0 saturated heterocycles. The Morgan fingerprint density at radius 3 is 2.71 bits per heavy atom. The molecule has 0 unspecified atom stereocenters. The molecule has 24 heavy (non-hydrogen) atoms. The highest BCUT2D eigenvalue weighted by Gasteiger charge is 2.22. The van der Waals surface area contributed by atoms with Crippen LogP contribution in [-0.2, 0) is 4.74 Å². The van der Waals surface area contributed by atoms with Crippen molar-refractivity contribution in [2.75, 3.05) is 11.9 Å². The lowest BCUT2D eigenvalue weighted by atomic mass is 10.2. The lowest BCUT2D eigenvalue weighted by molar-refractivity contribution is 0.0521. The van der Waals surface area contributed by atoms with Gasteiger partial charge >= 0.3 is 5.97 Å². The van der Waals surface area contributed by atoms with Gasteiger partial charge in [0.1, 0.15) is 5.65 Å². The second-order valence-corrected chi connectivity index (χ2v) is 5.75. The van der Waals surface area contributed by atoms with E-state index in [1.54, 1.807) is 53.9 Å². The third kappa shape index (κ3) is 3.03. The summed E-state index contributed by atoms with van der Waals surface area (Å²) in [6.45, 7) is 1.94. The van der Waals surface area contributed by atoms with Crippen LogP contribution in [0.4, 0.5) is 5.82 Å². The number of hydrogen-bond donors (Lipinski definition) is 1. The molecule has 0 atom stereocenters. The number of anilines is 1. The van der Waals surface area contributed by atoms with Crippen LogP contribution in [0.2, 0.25) is 0 Å². The molecule has 7 heteroatoms. The molecule has 1 N–H and O–H groups in total. The molecule has 1 aromatic carbocycles. The monoisotopic (exact) mass is 387 g/mol. The normalized spacial score (nSPS) is 10.6. The fraction of sp³-hybridized carbons (Fsp3) is 0.118. The Labute approximate surface area is 146 Å². The molecule has 3 rings (SSSR count). The van der Waals surface area contributed by atoms with Crippen LogP contribution in [0, 0.1) is 0 Å². The molecular weight excluding hydrogens is 374 g/mol. The van der Waals surface area contributed by atoms with Gasteiger partial charge in [0.05, 0.1) is 12.2 Å². The van der Waals surface area contributed by atoms with Gasteiger partial charge in [-0.3, -0.25) is 9.20 Å². The van der Waals surface area contributed by atoms with Crippen molar-refractivity contribution in [3.63, 3.8) is 0 Å². The third-order valence-corrected chi connectivity index (χ3v) is 4.04. The fourth-order valence-electron chi connectivity index (χ4n) is 2.28. The van der Waals surface area contributed by atoms with Crippen molar-refractivity contribution in [1.82, 2.24) is 9.38 Å². The molecule has 0 fully saturated rings. The minimum absolute atomic E-state index is 0.0726. The Hall–Kier alpha value is -2.67. The maximum absolute atomic E-state index is 12.6. The summed E-state index contributed by atoms with van der Waals surface area (Å²) in [5.74, 6) is -0.646. The van der Waals surface area contributed by atoms with Crippen molar-refractivity contribution in [2.24, 2.45) is 0 Å². The van der Waals surface area contributed by atoms with Crippen molar-refractivity contribution >= 4 is 39.3 Å². The number of carbonyl (C=O) groups is 2. The van der Waals surface area contributed by atoms with Crippen molar-refractivity contribution < 1.29 is 14.3 Å². The lowest BCUT2D eigenvalue weighted by Gasteiger charge is -2.08.